The van der Waals surface area contributed by atoms with Crippen LogP contribution in [0.2, 0.25) is 0 Å². The van der Waals surface area contributed by atoms with Gasteiger partial charge in [-0.1, -0.05) is 34.1 Å². The van der Waals surface area contributed by atoms with E-state index < -0.39 is 6.04 Å². The van der Waals surface area contributed by atoms with Crippen LogP contribution in [0.3, 0.4) is 0 Å². The zero-order valence-electron chi connectivity index (χ0n) is 13.3. The summed E-state index contributed by atoms with van der Waals surface area (Å²) >= 11 is 4.78. The van der Waals surface area contributed by atoms with Gasteiger partial charge in [0.05, 0.1) is 15.6 Å². The number of anilines is 1. The lowest BCUT2D eigenvalue weighted by Crippen LogP contribution is -2.33. The highest BCUT2D eigenvalue weighted by Gasteiger charge is 2.25. The van der Waals surface area contributed by atoms with Gasteiger partial charge >= 0.3 is 0 Å². The van der Waals surface area contributed by atoms with Crippen molar-refractivity contribution in [2.45, 2.75) is 6.04 Å². The predicted octanol–water partition coefficient (Wildman–Crippen LogP) is 3.28. The van der Waals surface area contributed by atoms with E-state index in [9.17, 15) is 9.59 Å². The van der Waals surface area contributed by atoms with Crippen LogP contribution in [-0.4, -0.2) is 11.8 Å². The molecule has 4 rings (SSSR count). The minimum atomic E-state index is -0.791. The van der Waals surface area contributed by atoms with Crippen LogP contribution in [0.5, 0.6) is 0 Å². The van der Waals surface area contributed by atoms with Crippen molar-refractivity contribution < 1.29 is 9.59 Å². The number of thiophene rings is 1. The molecule has 2 heterocycles. The third kappa shape index (κ3) is 3.23. The highest BCUT2D eigenvalue weighted by molar-refractivity contribution is 9.10. The monoisotopic (exact) mass is 425 g/mol. The van der Waals surface area contributed by atoms with Crippen molar-refractivity contribution in [3.63, 3.8) is 0 Å². The second-order valence-electron chi connectivity index (χ2n) is 5.63. The number of para-hydroxylation sites is 2. The molecule has 2 amide bonds. The molecule has 1 N–H and O–H groups in total. The number of amides is 2. The molecule has 128 valence electrons. The van der Waals surface area contributed by atoms with Crippen LogP contribution in [-0.2, 0) is 4.79 Å². The Kier molecular flexibility index (Phi) is 4.48. The molecule has 1 unspecified atom stereocenters. The molecule has 1 aromatic heterocycles. The molecule has 0 spiro atoms. The van der Waals surface area contributed by atoms with Gasteiger partial charge in [-0.25, -0.2) is 4.99 Å². The molecule has 26 heavy (non-hydrogen) atoms. The molecule has 1 aliphatic heterocycles. The molecule has 1 atom stereocenters. The van der Waals surface area contributed by atoms with Gasteiger partial charge in [0.15, 0.2) is 6.04 Å². The van der Waals surface area contributed by atoms with E-state index in [4.69, 9.17) is 0 Å². The standard InChI is InChI=1S/C19H12BrN3O2S/c20-11-7-8-13(22-18(24)16-6-3-9-26-16)12(10-11)17-19(25)23-15-5-2-1-4-14(15)21-17/h1-10,17H,(H,22,24). The lowest BCUT2D eigenvalue weighted by atomic mass is 10.0. The molecule has 0 aliphatic carbocycles. The summed E-state index contributed by atoms with van der Waals surface area (Å²) in [5.41, 5.74) is 1.15. The minimum absolute atomic E-state index is 0.218. The van der Waals surface area contributed by atoms with E-state index in [0.29, 0.717) is 26.8 Å². The quantitative estimate of drug-likeness (QED) is 0.699. The lowest BCUT2D eigenvalue weighted by Gasteiger charge is -2.17. The number of nitrogens with one attached hydrogen (secondary N) is 1. The first kappa shape index (κ1) is 16.8. The van der Waals surface area contributed by atoms with E-state index in [0.717, 1.165) is 4.47 Å². The third-order valence-corrected chi connectivity index (χ3v) is 5.28. The molecule has 2 aromatic carbocycles. The molecular formula is C19H12BrN3O2S. The van der Waals surface area contributed by atoms with Crippen LogP contribution in [0, 0.1) is 0 Å². The number of nitrogens with zero attached hydrogens (tertiary/aromatic N) is 2. The van der Waals surface area contributed by atoms with Gasteiger partial charge in [-0.05, 0) is 41.8 Å². The maximum atomic E-state index is 12.5. The Labute approximate surface area is 161 Å². The topological polar surface area (TPSA) is 70.9 Å². The Morgan fingerprint density at radius 1 is 1.08 bits per heavy atom. The van der Waals surface area contributed by atoms with Crippen molar-refractivity contribution in [2.75, 3.05) is 5.32 Å². The Hall–Kier alpha value is -2.64. The summed E-state index contributed by atoms with van der Waals surface area (Å²) in [7, 11) is 0. The highest BCUT2D eigenvalue weighted by Crippen LogP contribution is 2.31. The average Bonchev–Trinajstić information content (AvgIpc) is 3.17. The Bertz CT molecular complexity index is 1130. The number of hydrogen-bond donors (Lipinski definition) is 1. The van der Waals surface area contributed by atoms with E-state index in [2.05, 4.69) is 31.2 Å². The van der Waals surface area contributed by atoms with Gasteiger partial charge < -0.3 is 5.32 Å². The minimum Gasteiger partial charge on any atom is -0.321 e. The van der Waals surface area contributed by atoms with Crippen LogP contribution in [0.4, 0.5) is 5.69 Å². The molecule has 0 radical (unpaired) electrons. The maximum Gasteiger partial charge on any atom is 0.275 e. The largest absolute Gasteiger partial charge is 0.321 e. The number of hydrogen-bond acceptors (Lipinski definition) is 4. The van der Waals surface area contributed by atoms with Crippen molar-refractivity contribution in [3.8, 4) is 0 Å². The van der Waals surface area contributed by atoms with Gasteiger partial charge in [0, 0.05) is 15.7 Å². The second kappa shape index (κ2) is 6.93. The molecule has 0 bridgehead atoms. The molecule has 3 aromatic rings. The first-order valence-corrected chi connectivity index (χ1v) is 9.49. The zero-order valence-corrected chi connectivity index (χ0v) is 15.8. The van der Waals surface area contributed by atoms with Crippen LogP contribution in [0.25, 0.3) is 0 Å². The van der Waals surface area contributed by atoms with Gasteiger partial charge in [-0.3, -0.25) is 14.6 Å². The SMILES string of the molecule is O=C(Nc1ccc(Br)cc1C1N=c2ccccc2=NC1=O)c1cccs1. The average molecular weight is 426 g/mol. The number of rotatable bonds is 3. The number of halogens is 1. The summed E-state index contributed by atoms with van der Waals surface area (Å²) in [6, 6.07) is 15.4. The highest BCUT2D eigenvalue weighted by atomic mass is 79.9. The third-order valence-electron chi connectivity index (χ3n) is 3.92. The van der Waals surface area contributed by atoms with Crippen molar-refractivity contribution in [1.82, 2.24) is 0 Å². The molecule has 0 saturated carbocycles. The van der Waals surface area contributed by atoms with Gasteiger partial charge in [-0.15, -0.1) is 11.3 Å². The van der Waals surface area contributed by atoms with Crippen LogP contribution < -0.4 is 16.0 Å². The Balaban J connectivity index is 1.77. The van der Waals surface area contributed by atoms with Gasteiger partial charge in [-0.2, -0.15) is 0 Å². The Morgan fingerprint density at radius 2 is 1.88 bits per heavy atom. The van der Waals surface area contributed by atoms with E-state index >= 15 is 0 Å². The summed E-state index contributed by atoms with van der Waals surface area (Å²) in [6.45, 7) is 0. The molecule has 0 saturated heterocycles. The molecule has 0 fully saturated rings. The van der Waals surface area contributed by atoms with Crippen LogP contribution in [0.15, 0.2) is 74.4 Å². The van der Waals surface area contributed by atoms with E-state index in [1.165, 1.54) is 11.3 Å². The van der Waals surface area contributed by atoms with Crippen molar-refractivity contribution in [1.29, 1.82) is 0 Å². The fraction of sp³-hybridized carbons (Fsp3) is 0.0526. The van der Waals surface area contributed by atoms with Crippen molar-refractivity contribution in [3.05, 3.63) is 85.6 Å². The maximum absolute atomic E-state index is 12.5. The zero-order chi connectivity index (χ0) is 18.1. The summed E-state index contributed by atoms with van der Waals surface area (Å²) in [5.74, 6) is -0.572. The number of carbonyl (C=O) groups excluding carboxylic acids is 2. The lowest BCUT2D eigenvalue weighted by molar-refractivity contribution is -0.119. The normalized spacial score (nSPS) is 15.6. The molecule has 1 aliphatic rings. The van der Waals surface area contributed by atoms with E-state index in [1.54, 1.807) is 24.3 Å². The molecule has 7 heteroatoms. The van der Waals surface area contributed by atoms with Gasteiger partial charge in [0.2, 0.25) is 0 Å². The van der Waals surface area contributed by atoms with Gasteiger partial charge in [0.25, 0.3) is 11.8 Å². The van der Waals surface area contributed by atoms with Crippen molar-refractivity contribution in [2.24, 2.45) is 9.98 Å². The van der Waals surface area contributed by atoms with E-state index in [1.807, 2.05) is 35.7 Å². The summed E-state index contributed by atoms with van der Waals surface area (Å²) in [5, 5.41) is 5.94. The van der Waals surface area contributed by atoms with Gasteiger partial charge in [0.1, 0.15) is 0 Å². The molecular weight excluding hydrogens is 414 g/mol. The fourth-order valence-electron chi connectivity index (χ4n) is 2.71. The Morgan fingerprint density at radius 3 is 2.65 bits per heavy atom. The second-order valence-corrected chi connectivity index (χ2v) is 7.50. The van der Waals surface area contributed by atoms with Crippen LogP contribution >= 0.6 is 27.3 Å². The van der Waals surface area contributed by atoms with Crippen molar-refractivity contribution >= 4 is 44.8 Å². The number of carbonyl (C=O) groups is 2. The predicted molar refractivity (Wildman–Crippen MR) is 103 cm³/mol. The fourth-order valence-corrected chi connectivity index (χ4v) is 3.71. The smallest absolute Gasteiger partial charge is 0.275 e. The number of benzene rings is 2. The summed E-state index contributed by atoms with van der Waals surface area (Å²) in [6.07, 6.45) is 0. The van der Waals surface area contributed by atoms with Crippen LogP contribution in [0.1, 0.15) is 21.3 Å². The first-order chi connectivity index (χ1) is 12.6. The van der Waals surface area contributed by atoms with E-state index in [-0.39, 0.29) is 11.8 Å². The molecule has 5 nitrogen and oxygen atoms in total. The first-order valence-electron chi connectivity index (χ1n) is 7.81. The number of fused-ring (bicyclic) bond motifs is 1. The summed E-state index contributed by atoms with van der Waals surface area (Å²) in [4.78, 5) is 34.3. The summed E-state index contributed by atoms with van der Waals surface area (Å²) < 4.78 is 0.795.